The maximum Gasteiger partial charge on any atom is -1.00 e. The zero-order chi connectivity index (χ0) is 17.2. The van der Waals surface area contributed by atoms with Gasteiger partial charge in [0.2, 0.25) is 0 Å². The predicted molar refractivity (Wildman–Crippen MR) is 102 cm³/mol. The first-order valence-corrected chi connectivity index (χ1v) is 15.1. The Morgan fingerprint density at radius 2 is 1.88 bits per heavy atom. The number of hydrogen-bond donors (Lipinski definition) is 0. The third-order valence-electron chi connectivity index (χ3n) is 4.62. The molecular weight excluding hydrogens is 458 g/mol. The van der Waals surface area contributed by atoms with E-state index in [1.807, 2.05) is 0 Å². The molecule has 0 spiro atoms. The van der Waals surface area contributed by atoms with Crippen LogP contribution >= 0.6 is 0 Å². The minimum Gasteiger partial charge on any atom is -1.00 e. The first kappa shape index (κ1) is 24.1. The Labute approximate surface area is 183 Å². The zero-order valence-electron chi connectivity index (χ0n) is 16.1. The summed E-state index contributed by atoms with van der Waals surface area (Å²) >= 11 is -0.612. The normalized spacial score (nSPS) is 18.0. The van der Waals surface area contributed by atoms with E-state index in [9.17, 15) is 0 Å². The van der Waals surface area contributed by atoms with Crippen LogP contribution in [-0.4, -0.2) is 14.9 Å². The van der Waals surface area contributed by atoms with Gasteiger partial charge in [-0.25, -0.2) is 0 Å². The fourth-order valence-corrected chi connectivity index (χ4v) is 8.38. The van der Waals surface area contributed by atoms with Gasteiger partial charge in [-0.15, -0.1) is 0 Å². The fraction of sp³-hybridized carbons (Fsp3) is 0.429. The molecule has 1 aromatic carbocycles. The summed E-state index contributed by atoms with van der Waals surface area (Å²) in [5, 5.41) is 0. The molecule has 1 aromatic rings. The quantitative estimate of drug-likeness (QED) is 0.392. The van der Waals surface area contributed by atoms with Gasteiger partial charge in [-0.1, -0.05) is 0 Å². The second kappa shape index (κ2) is 10.6. The van der Waals surface area contributed by atoms with Gasteiger partial charge in [0.25, 0.3) is 0 Å². The molecular formula is C21H28Cl2OSiZr. The maximum absolute atomic E-state index is 6.02. The topological polar surface area (TPSA) is 9.23 Å². The summed E-state index contributed by atoms with van der Waals surface area (Å²) in [6.07, 6.45) is 10.8. The van der Waals surface area contributed by atoms with E-state index in [0.717, 1.165) is 10.2 Å². The van der Waals surface area contributed by atoms with Gasteiger partial charge in [0.05, 0.1) is 0 Å². The van der Waals surface area contributed by atoms with Crippen LogP contribution in [-0.2, 0) is 27.7 Å². The average molecular weight is 487 g/mol. The Bertz CT molecular complexity index is 704. The molecule has 0 radical (unpaired) electrons. The van der Waals surface area contributed by atoms with E-state index in [1.54, 1.807) is 20.0 Å². The van der Waals surface area contributed by atoms with Crippen LogP contribution in [0.2, 0.25) is 19.6 Å². The molecule has 0 saturated heterocycles. The molecule has 0 bridgehead atoms. The van der Waals surface area contributed by atoms with Gasteiger partial charge >= 0.3 is 160 Å². The largest absolute Gasteiger partial charge is 1.00 e. The molecule has 1 atom stereocenters. The summed E-state index contributed by atoms with van der Waals surface area (Å²) in [6.45, 7) is 10.1. The molecule has 1 nitrogen and oxygen atoms in total. The van der Waals surface area contributed by atoms with Crippen molar-refractivity contribution >= 4 is 14.4 Å². The third kappa shape index (κ3) is 6.31. The molecule has 0 aromatic heterocycles. The molecule has 0 N–H and O–H groups in total. The van der Waals surface area contributed by atoms with Crippen molar-refractivity contribution in [3.05, 3.63) is 62.0 Å². The van der Waals surface area contributed by atoms with Crippen LogP contribution in [0.4, 0.5) is 0 Å². The van der Waals surface area contributed by atoms with Gasteiger partial charge < -0.3 is 24.8 Å². The average Bonchev–Trinajstić information content (AvgIpc) is 3.08. The molecule has 1 unspecified atom stereocenters. The van der Waals surface area contributed by atoms with E-state index < -0.39 is 31.6 Å². The summed E-state index contributed by atoms with van der Waals surface area (Å²) < 4.78 is 8.57. The third-order valence-corrected chi connectivity index (χ3v) is 10.4. The van der Waals surface area contributed by atoms with Crippen molar-refractivity contribution < 1.29 is 52.5 Å². The van der Waals surface area contributed by atoms with Gasteiger partial charge in [0.15, 0.2) is 0 Å². The Morgan fingerprint density at radius 1 is 1.15 bits per heavy atom. The van der Waals surface area contributed by atoms with Crippen LogP contribution in [0.3, 0.4) is 0 Å². The SMILES string of the molecule is CC1=Cc2ccccc2[CH]1[Zr+2][C]1=C(CCCO[Si](C)(C)C)C=CC1.[Cl-].[Cl-]. The Balaban J connectivity index is 0.00000169. The summed E-state index contributed by atoms with van der Waals surface area (Å²) in [5.74, 6) is 0. The standard InChI is InChI=1S/C11H19OSi.C10H9.2ClH.Zr/c1-13(2,3)12-10-6-9-11-7-4-5-8-11;1-8-6-9-4-2-3-5-10(9)7-8;;;/h4,7H,5-6,9-10H2,1-3H3;2-7H,1H3;2*1H;/q;;;;+2/p-2. The first-order chi connectivity index (χ1) is 11.4. The molecule has 0 heterocycles. The number of benzene rings is 1. The summed E-state index contributed by atoms with van der Waals surface area (Å²) in [6, 6.07) is 8.98. The zero-order valence-corrected chi connectivity index (χ0v) is 21.1. The number of rotatable bonds is 7. The monoisotopic (exact) mass is 484 g/mol. The van der Waals surface area contributed by atoms with Crippen LogP contribution in [0.15, 0.2) is 50.8 Å². The summed E-state index contributed by atoms with van der Waals surface area (Å²) in [7, 11) is -1.36. The van der Waals surface area contributed by atoms with Gasteiger partial charge in [-0.2, -0.15) is 0 Å². The van der Waals surface area contributed by atoms with Crippen LogP contribution in [0.25, 0.3) is 6.08 Å². The van der Waals surface area contributed by atoms with E-state index in [1.165, 1.54) is 24.8 Å². The van der Waals surface area contributed by atoms with Crippen molar-refractivity contribution in [1.29, 1.82) is 0 Å². The first-order valence-electron chi connectivity index (χ1n) is 9.00. The Morgan fingerprint density at radius 3 is 2.62 bits per heavy atom. The van der Waals surface area contributed by atoms with Gasteiger partial charge in [-0.3, -0.25) is 0 Å². The van der Waals surface area contributed by atoms with Crippen LogP contribution in [0, 0.1) is 0 Å². The van der Waals surface area contributed by atoms with Crippen LogP contribution < -0.4 is 24.8 Å². The van der Waals surface area contributed by atoms with E-state index in [4.69, 9.17) is 4.43 Å². The summed E-state index contributed by atoms with van der Waals surface area (Å²) in [5.41, 5.74) is 6.27. The molecule has 26 heavy (non-hydrogen) atoms. The van der Waals surface area contributed by atoms with Crippen molar-refractivity contribution in [3.63, 3.8) is 0 Å². The Kier molecular flexibility index (Phi) is 9.81. The number of allylic oxidation sites excluding steroid dienone is 5. The van der Waals surface area contributed by atoms with E-state index in [2.05, 4.69) is 69.1 Å². The van der Waals surface area contributed by atoms with Gasteiger partial charge in [0, 0.05) is 0 Å². The van der Waals surface area contributed by atoms with Gasteiger partial charge in [-0.05, 0) is 0 Å². The van der Waals surface area contributed by atoms with Crippen molar-refractivity contribution in [2.24, 2.45) is 0 Å². The molecule has 140 valence electrons. The van der Waals surface area contributed by atoms with Crippen molar-refractivity contribution in [2.75, 3.05) is 6.61 Å². The molecule has 0 amide bonds. The minimum atomic E-state index is -1.36. The van der Waals surface area contributed by atoms with E-state index >= 15 is 0 Å². The minimum absolute atomic E-state index is 0. The van der Waals surface area contributed by atoms with E-state index in [-0.39, 0.29) is 24.8 Å². The molecule has 2 aliphatic carbocycles. The number of hydrogen-bond acceptors (Lipinski definition) is 1. The smallest absolute Gasteiger partial charge is 1.00 e. The van der Waals surface area contributed by atoms with Crippen molar-refractivity contribution in [1.82, 2.24) is 0 Å². The van der Waals surface area contributed by atoms with E-state index in [0.29, 0.717) is 0 Å². The molecule has 0 fully saturated rings. The van der Waals surface area contributed by atoms with Crippen molar-refractivity contribution in [2.45, 2.75) is 49.5 Å². The molecule has 2 aliphatic rings. The van der Waals surface area contributed by atoms with Crippen LogP contribution in [0.1, 0.15) is 40.9 Å². The second-order valence-corrected chi connectivity index (χ2v) is 15.9. The fourth-order valence-electron chi connectivity index (χ4n) is 3.42. The second-order valence-electron chi connectivity index (χ2n) is 7.77. The number of halogens is 2. The summed E-state index contributed by atoms with van der Waals surface area (Å²) in [4.78, 5) is 0. The molecule has 0 aliphatic heterocycles. The number of fused-ring (bicyclic) bond motifs is 1. The Hall–Kier alpha value is 0.0800. The van der Waals surface area contributed by atoms with Crippen LogP contribution in [0.5, 0.6) is 0 Å². The predicted octanol–water partition coefficient (Wildman–Crippen LogP) is 0.0808. The molecule has 3 rings (SSSR count). The van der Waals surface area contributed by atoms with Gasteiger partial charge in [0.1, 0.15) is 0 Å². The molecule has 5 heteroatoms. The molecule has 0 saturated carbocycles. The van der Waals surface area contributed by atoms with Crippen molar-refractivity contribution in [3.8, 4) is 0 Å². The maximum atomic E-state index is 6.02.